The van der Waals surface area contributed by atoms with E-state index in [-0.39, 0.29) is 11.6 Å². The van der Waals surface area contributed by atoms with Crippen LogP contribution in [0, 0.1) is 12.8 Å². The first kappa shape index (κ1) is 17.5. The number of hydrogen-bond donors (Lipinski definition) is 2. The van der Waals surface area contributed by atoms with Crippen LogP contribution in [0.5, 0.6) is 5.75 Å². The van der Waals surface area contributed by atoms with Crippen molar-refractivity contribution >= 4 is 11.9 Å². The van der Waals surface area contributed by atoms with Crippen molar-refractivity contribution in [2.45, 2.75) is 26.8 Å². The molecule has 1 unspecified atom stereocenters. The number of aromatic nitrogens is 2. The van der Waals surface area contributed by atoms with Crippen molar-refractivity contribution in [1.29, 1.82) is 0 Å². The molecular formula is C17H21N3O4. The van der Waals surface area contributed by atoms with Crippen molar-refractivity contribution in [3.63, 3.8) is 0 Å². The summed E-state index contributed by atoms with van der Waals surface area (Å²) in [6.07, 6.45) is 0. The lowest BCUT2D eigenvalue weighted by molar-refractivity contribution is -0.140. The van der Waals surface area contributed by atoms with Gasteiger partial charge in [-0.2, -0.15) is 5.10 Å². The second-order valence-corrected chi connectivity index (χ2v) is 5.81. The van der Waals surface area contributed by atoms with Gasteiger partial charge in [0.05, 0.1) is 12.8 Å². The molecule has 0 radical (unpaired) electrons. The fourth-order valence-electron chi connectivity index (χ4n) is 2.30. The summed E-state index contributed by atoms with van der Waals surface area (Å²) < 4.78 is 6.74. The first-order valence-corrected chi connectivity index (χ1v) is 7.58. The number of ether oxygens (including phenoxy) is 1. The van der Waals surface area contributed by atoms with Gasteiger partial charge in [0.1, 0.15) is 11.8 Å². The zero-order valence-corrected chi connectivity index (χ0v) is 14.1. The van der Waals surface area contributed by atoms with E-state index in [1.165, 1.54) is 0 Å². The van der Waals surface area contributed by atoms with Crippen LogP contribution in [0.2, 0.25) is 0 Å². The average molecular weight is 331 g/mol. The number of methoxy groups -OCH3 is 1. The van der Waals surface area contributed by atoms with E-state index in [0.29, 0.717) is 0 Å². The Morgan fingerprint density at radius 3 is 2.38 bits per heavy atom. The van der Waals surface area contributed by atoms with E-state index in [9.17, 15) is 14.7 Å². The molecule has 0 aliphatic rings. The predicted molar refractivity (Wildman–Crippen MR) is 88.6 cm³/mol. The normalized spacial score (nSPS) is 12.0. The van der Waals surface area contributed by atoms with Crippen LogP contribution < -0.4 is 10.1 Å². The molecule has 2 aromatic rings. The lowest BCUT2D eigenvalue weighted by Gasteiger charge is -2.16. The summed E-state index contributed by atoms with van der Waals surface area (Å²) in [5.41, 5.74) is 1.72. The summed E-state index contributed by atoms with van der Waals surface area (Å²) in [7, 11) is 1.59. The van der Waals surface area contributed by atoms with Crippen molar-refractivity contribution in [3.05, 3.63) is 41.7 Å². The topological polar surface area (TPSA) is 93.5 Å². The number of benzene rings is 1. The molecule has 1 atom stereocenters. The molecule has 24 heavy (non-hydrogen) atoms. The van der Waals surface area contributed by atoms with E-state index in [0.717, 1.165) is 17.1 Å². The zero-order valence-electron chi connectivity index (χ0n) is 14.1. The minimum absolute atomic E-state index is 0.176. The first-order chi connectivity index (χ1) is 11.3. The van der Waals surface area contributed by atoms with Crippen molar-refractivity contribution in [3.8, 4) is 11.4 Å². The van der Waals surface area contributed by atoms with E-state index in [1.807, 2.05) is 19.1 Å². The molecule has 7 heteroatoms. The molecule has 0 aliphatic carbocycles. The number of aliphatic carboxylic acids is 1. The van der Waals surface area contributed by atoms with Gasteiger partial charge in [0.25, 0.3) is 5.91 Å². The summed E-state index contributed by atoms with van der Waals surface area (Å²) >= 11 is 0. The molecule has 7 nitrogen and oxygen atoms in total. The lowest BCUT2D eigenvalue weighted by Crippen LogP contribution is -2.44. The van der Waals surface area contributed by atoms with Crippen molar-refractivity contribution < 1.29 is 19.4 Å². The number of carboxylic acid groups (broad SMARTS) is 1. The Hall–Kier alpha value is -2.83. The summed E-state index contributed by atoms with van der Waals surface area (Å²) in [5.74, 6) is -1.07. The minimum atomic E-state index is -1.07. The van der Waals surface area contributed by atoms with Gasteiger partial charge in [-0.25, -0.2) is 9.48 Å². The number of carboxylic acids is 1. The number of carbonyl (C=O) groups excluding carboxylic acids is 1. The number of aryl methyl sites for hydroxylation is 1. The highest BCUT2D eigenvalue weighted by Gasteiger charge is 2.25. The summed E-state index contributed by atoms with van der Waals surface area (Å²) in [5, 5.41) is 16.0. The molecule has 1 heterocycles. The minimum Gasteiger partial charge on any atom is -0.497 e. The van der Waals surface area contributed by atoms with Gasteiger partial charge in [0.2, 0.25) is 0 Å². The molecule has 2 rings (SSSR count). The van der Waals surface area contributed by atoms with Crippen LogP contribution in [-0.4, -0.2) is 39.9 Å². The van der Waals surface area contributed by atoms with Crippen LogP contribution in [0.25, 0.3) is 5.69 Å². The Balaban J connectivity index is 2.23. The maximum Gasteiger partial charge on any atom is 0.326 e. The van der Waals surface area contributed by atoms with Crippen molar-refractivity contribution in [1.82, 2.24) is 15.1 Å². The molecule has 0 saturated carbocycles. The third-order valence-electron chi connectivity index (χ3n) is 3.66. The molecule has 2 N–H and O–H groups in total. The quantitative estimate of drug-likeness (QED) is 0.845. The van der Waals surface area contributed by atoms with Crippen molar-refractivity contribution in [2.24, 2.45) is 5.92 Å². The first-order valence-electron chi connectivity index (χ1n) is 7.58. The standard InChI is InChI=1S/C17H21N3O4/c1-10(2)15(17(22)23)18-16(21)14-9-11(3)20(19-14)12-5-7-13(24-4)8-6-12/h5-10,15H,1-4H3,(H,18,21)(H,22,23). The number of carbonyl (C=O) groups is 2. The fourth-order valence-corrected chi connectivity index (χ4v) is 2.30. The second-order valence-electron chi connectivity index (χ2n) is 5.81. The molecule has 128 valence electrons. The molecule has 0 spiro atoms. The average Bonchev–Trinajstić information content (AvgIpc) is 2.93. The van der Waals surface area contributed by atoms with Crippen LogP contribution in [0.1, 0.15) is 30.0 Å². The molecule has 0 saturated heterocycles. The van der Waals surface area contributed by atoms with Crippen LogP contribution in [0.4, 0.5) is 0 Å². The Morgan fingerprint density at radius 2 is 1.88 bits per heavy atom. The number of nitrogens with one attached hydrogen (secondary N) is 1. The molecule has 0 aliphatic heterocycles. The van der Waals surface area contributed by atoms with Crippen LogP contribution in [0.15, 0.2) is 30.3 Å². The van der Waals surface area contributed by atoms with E-state index >= 15 is 0 Å². The lowest BCUT2D eigenvalue weighted by atomic mass is 10.0. The summed E-state index contributed by atoms with van der Waals surface area (Å²) in [4.78, 5) is 23.5. The second kappa shape index (κ2) is 7.16. The van der Waals surface area contributed by atoms with E-state index in [4.69, 9.17) is 4.74 Å². The van der Waals surface area contributed by atoms with Crippen LogP contribution in [0.3, 0.4) is 0 Å². The zero-order chi connectivity index (χ0) is 17.9. The van der Waals surface area contributed by atoms with E-state index in [2.05, 4.69) is 10.4 Å². The maximum absolute atomic E-state index is 12.3. The number of nitrogens with zero attached hydrogens (tertiary/aromatic N) is 2. The molecule has 1 aromatic heterocycles. The van der Waals surface area contributed by atoms with E-state index in [1.54, 1.807) is 43.8 Å². The summed E-state index contributed by atoms with van der Waals surface area (Å²) in [6, 6.07) is 7.93. The van der Waals surface area contributed by atoms with Gasteiger partial charge < -0.3 is 15.2 Å². The fraction of sp³-hybridized carbons (Fsp3) is 0.353. The monoisotopic (exact) mass is 331 g/mol. The van der Waals surface area contributed by atoms with Gasteiger partial charge >= 0.3 is 5.97 Å². The van der Waals surface area contributed by atoms with Gasteiger partial charge in [-0.05, 0) is 43.2 Å². The molecule has 0 fully saturated rings. The SMILES string of the molecule is COc1ccc(-n2nc(C(=O)NC(C(=O)O)C(C)C)cc2C)cc1. The highest BCUT2D eigenvalue weighted by Crippen LogP contribution is 2.17. The number of amides is 1. The molecular weight excluding hydrogens is 310 g/mol. The third-order valence-corrected chi connectivity index (χ3v) is 3.66. The Bertz CT molecular complexity index is 735. The molecule has 0 bridgehead atoms. The molecule has 1 amide bonds. The highest BCUT2D eigenvalue weighted by atomic mass is 16.5. The Kier molecular flexibility index (Phi) is 5.23. The maximum atomic E-state index is 12.3. The van der Waals surface area contributed by atoms with Gasteiger partial charge in [-0.1, -0.05) is 13.8 Å². The van der Waals surface area contributed by atoms with Crippen molar-refractivity contribution in [2.75, 3.05) is 7.11 Å². The van der Waals surface area contributed by atoms with Crippen LogP contribution >= 0.6 is 0 Å². The highest BCUT2D eigenvalue weighted by molar-refractivity contribution is 5.95. The van der Waals surface area contributed by atoms with Gasteiger partial charge in [0, 0.05) is 5.69 Å². The Morgan fingerprint density at radius 1 is 1.25 bits per heavy atom. The smallest absolute Gasteiger partial charge is 0.326 e. The Labute approximate surface area is 140 Å². The van der Waals surface area contributed by atoms with E-state index < -0.39 is 17.9 Å². The number of rotatable bonds is 6. The van der Waals surface area contributed by atoms with Crippen LogP contribution in [-0.2, 0) is 4.79 Å². The molecule has 1 aromatic carbocycles. The van der Waals surface area contributed by atoms with Gasteiger partial charge in [-0.3, -0.25) is 4.79 Å². The number of hydrogen-bond acceptors (Lipinski definition) is 4. The largest absolute Gasteiger partial charge is 0.497 e. The van der Waals surface area contributed by atoms with Gasteiger partial charge in [-0.15, -0.1) is 0 Å². The van der Waals surface area contributed by atoms with Gasteiger partial charge in [0.15, 0.2) is 5.69 Å². The summed E-state index contributed by atoms with van der Waals surface area (Å²) in [6.45, 7) is 5.30. The third kappa shape index (κ3) is 3.73. The predicted octanol–water partition coefficient (Wildman–Crippen LogP) is 2.03.